The van der Waals surface area contributed by atoms with Gasteiger partial charge >= 0.3 is 7.05 Å². The fraction of sp³-hybridized carbons (Fsp3) is 0.455. The fourth-order valence-corrected chi connectivity index (χ4v) is 2.26. The Bertz CT molecular complexity index is 366. The molecule has 1 fully saturated rings. The summed E-state index contributed by atoms with van der Waals surface area (Å²) in [5.74, 6) is -1.13. The molecule has 0 spiro atoms. The predicted molar refractivity (Wildman–Crippen MR) is 59.1 cm³/mol. The number of nitrogens with zero attached hydrogens (tertiary/aromatic N) is 1. The van der Waals surface area contributed by atoms with Crippen LogP contribution in [0.3, 0.4) is 0 Å². The number of hydrogen-bond acceptors (Lipinski definition) is 2. The van der Waals surface area contributed by atoms with Crippen molar-refractivity contribution in [2.45, 2.75) is 19.2 Å². The SMILES string of the molecule is CB(O)N1CCC(c2c(F)cccc2F)C1. The van der Waals surface area contributed by atoms with E-state index in [-0.39, 0.29) is 11.5 Å². The molecule has 0 amide bonds. The maximum absolute atomic E-state index is 13.5. The zero-order valence-corrected chi connectivity index (χ0v) is 9.16. The van der Waals surface area contributed by atoms with Gasteiger partial charge < -0.3 is 9.83 Å². The van der Waals surface area contributed by atoms with Crippen LogP contribution >= 0.6 is 0 Å². The summed E-state index contributed by atoms with van der Waals surface area (Å²) < 4.78 is 27.0. The summed E-state index contributed by atoms with van der Waals surface area (Å²) in [7, 11) is -0.556. The Morgan fingerprint density at radius 2 is 2.00 bits per heavy atom. The molecule has 0 bridgehead atoms. The van der Waals surface area contributed by atoms with E-state index in [0.29, 0.717) is 19.5 Å². The minimum atomic E-state index is -0.556. The number of halogens is 2. The normalized spacial score (nSPS) is 21.4. The Morgan fingerprint density at radius 3 is 2.50 bits per heavy atom. The van der Waals surface area contributed by atoms with E-state index < -0.39 is 18.7 Å². The first kappa shape index (κ1) is 11.5. The van der Waals surface area contributed by atoms with Crippen molar-refractivity contribution >= 4 is 7.05 Å². The van der Waals surface area contributed by atoms with Gasteiger partial charge in [0, 0.05) is 11.5 Å². The molecule has 0 radical (unpaired) electrons. The standard InChI is InChI=1S/C11H14BF2NO/c1-12(16)15-6-5-8(7-15)11-9(13)3-2-4-10(11)14/h2-4,8,16H,5-7H2,1H3. The van der Waals surface area contributed by atoms with Gasteiger partial charge in [0.05, 0.1) is 0 Å². The quantitative estimate of drug-likeness (QED) is 0.776. The zero-order chi connectivity index (χ0) is 11.7. The molecule has 1 saturated heterocycles. The molecule has 86 valence electrons. The average Bonchev–Trinajstić information content (AvgIpc) is 2.66. The highest BCUT2D eigenvalue weighted by molar-refractivity contribution is 6.45. The minimum Gasteiger partial charge on any atom is -0.437 e. The third-order valence-corrected chi connectivity index (χ3v) is 3.16. The molecule has 1 unspecified atom stereocenters. The second-order valence-electron chi connectivity index (χ2n) is 4.25. The molecular formula is C11H14BF2NO. The Labute approximate surface area is 94.0 Å². The van der Waals surface area contributed by atoms with E-state index in [2.05, 4.69) is 0 Å². The minimum absolute atomic E-state index is 0.157. The summed E-state index contributed by atoms with van der Waals surface area (Å²) in [6.45, 7) is 2.85. The summed E-state index contributed by atoms with van der Waals surface area (Å²) in [6.07, 6.45) is 0.683. The predicted octanol–water partition coefficient (Wildman–Crippen LogP) is 1.86. The van der Waals surface area contributed by atoms with Crippen LogP contribution in [0.5, 0.6) is 0 Å². The maximum Gasteiger partial charge on any atom is 0.376 e. The first-order chi connectivity index (χ1) is 7.59. The Kier molecular flexibility index (Phi) is 3.26. The Morgan fingerprint density at radius 1 is 1.38 bits per heavy atom. The number of benzene rings is 1. The van der Waals surface area contributed by atoms with Crippen molar-refractivity contribution in [2.75, 3.05) is 13.1 Å². The van der Waals surface area contributed by atoms with Crippen molar-refractivity contribution in [3.05, 3.63) is 35.4 Å². The molecule has 2 nitrogen and oxygen atoms in total. The van der Waals surface area contributed by atoms with Crippen LogP contribution in [0.2, 0.25) is 6.82 Å². The van der Waals surface area contributed by atoms with Crippen LogP contribution in [0.4, 0.5) is 8.78 Å². The molecule has 2 rings (SSSR count). The van der Waals surface area contributed by atoms with Crippen LogP contribution in [0.25, 0.3) is 0 Å². The smallest absolute Gasteiger partial charge is 0.376 e. The van der Waals surface area contributed by atoms with Crippen LogP contribution in [-0.4, -0.2) is 30.0 Å². The van der Waals surface area contributed by atoms with E-state index in [1.165, 1.54) is 18.2 Å². The topological polar surface area (TPSA) is 23.5 Å². The number of rotatable bonds is 2. The van der Waals surface area contributed by atoms with Gasteiger partial charge in [-0.25, -0.2) is 8.78 Å². The summed E-state index contributed by atoms with van der Waals surface area (Å²) in [5.41, 5.74) is 0.158. The van der Waals surface area contributed by atoms with Crippen molar-refractivity contribution in [3.8, 4) is 0 Å². The maximum atomic E-state index is 13.5. The first-order valence-corrected chi connectivity index (χ1v) is 5.45. The summed E-state index contributed by atoms with van der Waals surface area (Å²) in [4.78, 5) is 1.82. The summed E-state index contributed by atoms with van der Waals surface area (Å²) in [6, 6.07) is 3.93. The third-order valence-electron chi connectivity index (χ3n) is 3.16. The van der Waals surface area contributed by atoms with Gasteiger partial charge in [-0.3, -0.25) is 0 Å². The second-order valence-corrected chi connectivity index (χ2v) is 4.25. The van der Waals surface area contributed by atoms with Crippen molar-refractivity contribution in [1.82, 2.24) is 4.81 Å². The largest absolute Gasteiger partial charge is 0.437 e. The van der Waals surface area contributed by atoms with Gasteiger partial charge in [0.2, 0.25) is 0 Å². The monoisotopic (exact) mass is 225 g/mol. The summed E-state index contributed by atoms with van der Waals surface area (Å²) in [5, 5.41) is 9.39. The molecule has 5 heteroatoms. The Balaban J connectivity index is 2.20. The lowest BCUT2D eigenvalue weighted by molar-refractivity contribution is 0.417. The van der Waals surface area contributed by atoms with Gasteiger partial charge in [-0.05, 0) is 38.5 Å². The van der Waals surface area contributed by atoms with Gasteiger partial charge in [-0.15, -0.1) is 0 Å². The molecule has 0 saturated carbocycles. The van der Waals surface area contributed by atoms with Gasteiger partial charge in [-0.2, -0.15) is 0 Å². The van der Waals surface area contributed by atoms with Gasteiger partial charge in [0.25, 0.3) is 0 Å². The molecule has 1 aromatic rings. The van der Waals surface area contributed by atoms with E-state index in [9.17, 15) is 13.8 Å². The van der Waals surface area contributed by atoms with Crippen LogP contribution in [0.1, 0.15) is 17.9 Å². The number of hydrogen-bond donors (Lipinski definition) is 1. The molecular weight excluding hydrogens is 211 g/mol. The van der Waals surface area contributed by atoms with E-state index in [1.54, 1.807) is 6.82 Å². The molecule has 0 aromatic heterocycles. The molecule has 1 aromatic carbocycles. The lowest BCUT2D eigenvalue weighted by Gasteiger charge is -2.16. The van der Waals surface area contributed by atoms with E-state index >= 15 is 0 Å². The highest BCUT2D eigenvalue weighted by atomic mass is 19.1. The molecule has 16 heavy (non-hydrogen) atoms. The van der Waals surface area contributed by atoms with Gasteiger partial charge in [-0.1, -0.05) is 6.07 Å². The Hall–Kier alpha value is -0.935. The second kappa shape index (κ2) is 4.51. The molecule has 1 atom stereocenters. The van der Waals surface area contributed by atoms with Crippen LogP contribution in [0, 0.1) is 11.6 Å². The van der Waals surface area contributed by atoms with Gasteiger partial charge in [0.1, 0.15) is 11.6 Å². The highest BCUT2D eigenvalue weighted by Crippen LogP contribution is 2.30. The molecule has 1 aliphatic rings. The van der Waals surface area contributed by atoms with E-state index in [0.717, 1.165) is 0 Å². The lowest BCUT2D eigenvalue weighted by atomic mass is 9.85. The van der Waals surface area contributed by atoms with E-state index in [4.69, 9.17) is 0 Å². The van der Waals surface area contributed by atoms with Crippen LogP contribution in [0.15, 0.2) is 18.2 Å². The van der Waals surface area contributed by atoms with Gasteiger partial charge in [0.15, 0.2) is 0 Å². The zero-order valence-electron chi connectivity index (χ0n) is 9.16. The summed E-state index contributed by atoms with van der Waals surface area (Å²) >= 11 is 0. The van der Waals surface area contributed by atoms with Crippen LogP contribution < -0.4 is 0 Å². The van der Waals surface area contributed by atoms with Crippen molar-refractivity contribution < 1.29 is 13.8 Å². The van der Waals surface area contributed by atoms with Crippen molar-refractivity contribution in [3.63, 3.8) is 0 Å². The van der Waals surface area contributed by atoms with Crippen molar-refractivity contribution in [1.29, 1.82) is 0 Å². The molecule has 0 aliphatic carbocycles. The molecule has 1 aliphatic heterocycles. The highest BCUT2D eigenvalue weighted by Gasteiger charge is 2.31. The van der Waals surface area contributed by atoms with Crippen molar-refractivity contribution in [2.24, 2.45) is 0 Å². The molecule has 1 N–H and O–H groups in total. The fourth-order valence-electron chi connectivity index (χ4n) is 2.26. The average molecular weight is 225 g/mol. The first-order valence-electron chi connectivity index (χ1n) is 5.45. The van der Waals surface area contributed by atoms with E-state index in [1.807, 2.05) is 4.81 Å². The molecule has 1 heterocycles. The van der Waals surface area contributed by atoms with Crippen LogP contribution in [-0.2, 0) is 0 Å². The lowest BCUT2D eigenvalue weighted by Crippen LogP contribution is -2.34. The third kappa shape index (κ3) is 2.10.